The number of aryl methyl sites for hydroxylation is 2. The van der Waals surface area contributed by atoms with E-state index in [9.17, 15) is 52.8 Å². The minimum Gasteiger partial charge on any atom is -0.396 e. The van der Waals surface area contributed by atoms with Gasteiger partial charge in [0, 0.05) is 51.6 Å². The number of halogens is 6. The summed E-state index contributed by atoms with van der Waals surface area (Å²) in [4.78, 5) is 36.0. The quantitative estimate of drug-likeness (QED) is 0.0387. The second-order valence-corrected chi connectivity index (χ2v) is 21.6. The number of alkyl halides is 6. The standard InChI is InChI=1S/C26H25F3N6O4S.C21H15F3N6O3S.C5H12O2/c1-34-24-20(15-30-34)23-21(22(32-24)16-6-5-7-17(14-16)26(27,28)29)25(37)35(33-23)18-8-10-19(11-9-18)40(38,39)31-12-3-2-4-13-36;1-29-19-15(10-26-29)18-16(17(27-19)11-3-2-4-12(9-11)21(22,23)24)20(31)30(28-18)13-5-7-14(8-6-13)34(25,32)33;6-4-2-1-3-5-7/h5-11,14-15,31,33,36H,2-4,12-13H2,1H3;2-10,28H,1H3,(H2,25,32,33);6-7H,1-5H2. The summed E-state index contributed by atoms with van der Waals surface area (Å²) in [6.07, 6.45) is -1.74. The van der Waals surface area contributed by atoms with Crippen molar-refractivity contribution in [3.05, 3.63) is 141 Å². The lowest BCUT2D eigenvalue weighted by atomic mass is 10.0. The number of hydrogen-bond donors (Lipinski definition) is 7. The van der Waals surface area contributed by atoms with Gasteiger partial charge >= 0.3 is 12.4 Å². The van der Waals surface area contributed by atoms with E-state index in [2.05, 4.69) is 35.1 Å². The van der Waals surface area contributed by atoms with Crippen molar-refractivity contribution in [1.82, 2.24) is 53.8 Å². The molecule has 4 aromatic carbocycles. The third-order valence-corrected chi connectivity index (χ3v) is 15.1. The highest BCUT2D eigenvalue weighted by molar-refractivity contribution is 7.89. The molecule has 0 aliphatic carbocycles. The normalized spacial score (nSPS) is 12.3. The van der Waals surface area contributed by atoms with E-state index >= 15 is 0 Å². The minimum atomic E-state index is -4.58. The summed E-state index contributed by atoms with van der Waals surface area (Å²) in [5.74, 6) is 0. The Morgan fingerprint density at radius 1 is 0.568 bits per heavy atom. The number of nitrogens with zero attached hydrogens (tertiary/aromatic N) is 8. The summed E-state index contributed by atoms with van der Waals surface area (Å²) in [5, 5.41) is 45.8. The molecule has 21 nitrogen and oxygen atoms in total. The zero-order valence-electron chi connectivity index (χ0n) is 43.0. The number of aliphatic hydroxyl groups excluding tert-OH is 3. The van der Waals surface area contributed by atoms with Gasteiger partial charge in [0.15, 0.2) is 11.3 Å². The van der Waals surface area contributed by atoms with Crippen LogP contribution in [0.2, 0.25) is 0 Å². The number of pyridine rings is 2. The van der Waals surface area contributed by atoms with Gasteiger partial charge in [-0.3, -0.25) is 29.2 Å². The SMILES string of the molecule is Cn1ncc2c3[nH]n(-c4ccc(S(=O)(=O)NCCCCCO)cc4)c(=O)c3c(-c3cccc(C(F)(F)F)c3)nc21.Cn1ncc2c3[nH]n(-c4ccc(S(N)(=O)=O)cc4)c(=O)c3c(-c3cccc(C(F)(F)F)c3)nc21.OCCCCCO. The molecule has 0 aliphatic rings. The Hall–Kier alpha value is -8.06. The molecule has 81 heavy (non-hydrogen) atoms. The Morgan fingerprint density at radius 2 is 0.963 bits per heavy atom. The molecule has 0 atom stereocenters. The first-order valence-electron chi connectivity index (χ1n) is 24.7. The van der Waals surface area contributed by atoms with Gasteiger partial charge in [0.05, 0.1) is 88.7 Å². The van der Waals surface area contributed by atoms with Crippen LogP contribution in [0.5, 0.6) is 0 Å². The highest BCUT2D eigenvalue weighted by Gasteiger charge is 2.33. The van der Waals surface area contributed by atoms with Crippen molar-refractivity contribution in [3.63, 3.8) is 0 Å². The van der Waals surface area contributed by atoms with Crippen LogP contribution in [-0.4, -0.2) is 108 Å². The van der Waals surface area contributed by atoms with Gasteiger partial charge in [0.25, 0.3) is 11.1 Å². The molecule has 428 valence electrons. The Kier molecular flexibility index (Phi) is 17.5. The van der Waals surface area contributed by atoms with Gasteiger partial charge in [0.1, 0.15) is 0 Å². The van der Waals surface area contributed by atoms with Crippen molar-refractivity contribution >= 4 is 63.9 Å². The molecule has 6 heterocycles. The molecule has 0 saturated heterocycles. The third-order valence-electron chi connectivity index (χ3n) is 12.7. The van der Waals surface area contributed by atoms with E-state index in [1.165, 1.54) is 99.2 Å². The average molecular weight is 1170 g/mol. The van der Waals surface area contributed by atoms with Crippen molar-refractivity contribution in [2.75, 3.05) is 26.4 Å². The van der Waals surface area contributed by atoms with Gasteiger partial charge < -0.3 is 15.3 Å². The molecule has 0 amide bonds. The number of rotatable bonds is 16. The zero-order chi connectivity index (χ0) is 58.6. The van der Waals surface area contributed by atoms with Crippen LogP contribution in [0.3, 0.4) is 0 Å². The summed E-state index contributed by atoms with van der Waals surface area (Å²) >= 11 is 0. The summed E-state index contributed by atoms with van der Waals surface area (Å²) < 4.78 is 136. The number of sulfonamides is 2. The van der Waals surface area contributed by atoms with Crippen molar-refractivity contribution in [2.24, 2.45) is 19.2 Å². The lowest BCUT2D eigenvalue weighted by Gasteiger charge is -2.09. The number of primary sulfonamides is 1. The van der Waals surface area contributed by atoms with Crippen LogP contribution < -0.4 is 21.0 Å². The average Bonchev–Trinajstić information content (AvgIpc) is 4.40. The molecule has 10 aromatic rings. The topological polar surface area (TPSA) is 304 Å². The third kappa shape index (κ3) is 12.8. The molecule has 0 aliphatic heterocycles. The van der Waals surface area contributed by atoms with Gasteiger partial charge in [-0.1, -0.05) is 24.3 Å². The Bertz CT molecular complexity index is 4240. The highest BCUT2D eigenvalue weighted by atomic mass is 32.2. The van der Waals surface area contributed by atoms with Crippen LogP contribution in [0.25, 0.3) is 77.8 Å². The van der Waals surface area contributed by atoms with Gasteiger partial charge in [-0.15, -0.1) is 0 Å². The second-order valence-electron chi connectivity index (χ2n) is 18.3. The number of aliphatic hydroxyl groups is 3. The zero-order valence-corrected chi connectivity index (χ0v) is 44.6. The van der Waals surface area contributed by atoms with E-state index in [1.54, 1.807) is 14.1 Å². The molecule has 0 radical (unpaired) electrons. The largest absolute Gasteiger partial charge is 0.416 e. The second kappa shape index (κ2) is 24.0. The van der Waals surface area contributed by atoms with Gasteiger partial charge in [-0.05, 0) is 111 Å². The van der Waals surface area contributed by atoms with E-state index in [-0.39, 0.29) is 69.4 Å². The van der Waals surface area contributed by atoms with Crippen LogP contribution in [0.4, 0.5) is 26.3 Å². The van der Waals surface area contributed by atoms with Gasteiger partial charge in [-0.2, -0.15) is 36.5 Å². The molecule has 29 heteroatoms. The number of nitrogens with one attached hydrogen (secondary N) is 3. The maximum atomic E-state index is 13.7. The van der Waals surface area contributed by atoms with Crippen LogP contribution in [-0.2, 0) is 46.5 Å². The predicted octanol–water partition coefficient (Wildman–Crippen LogP) is 6.80. The Balaban J connectivity index is 0.000000192. The molecule has 0 spiro atoms. The van der Waals surface area contributed by atoms with Gasteiger partial charge in [-0.25, -0.2) is 46.0 Å². The van der Waals surface area contributed by atoms with Crippen LogP contribution in [0.1, 0.15) is 49.7 Å². The number of aromatic amines is 2. The number of fused-ring (bicyclic) bond motifs is 6. The van der Waals surface area contributed by atoms with E-state index in [4.69, 9.17) is 20.5 Å². The van der Waals surface area contributed by atoms with Gasteiger partial charge in [0.2, 0.25) is 20.0 Å². The fourth-order valence-corrected chi connectivity index (χ4v) is 10.2. The fourth-order valence-electron chi connectivity index (χ4n) is 8.64. The first kappa shape index (κ1) is 59.1. The smallest absolute Gasteiger partial charge is 0.396 e. The van der Waals surface area contributed by atoms with E-state index < -0.39 is 54.6 Å². The Labute approximate surface area is 456 Å². The minimum absolute atomic E-state index is 0.00328. The Morgan fingerprint density at radius 3 is 1.35 bits per heavy atom. The first-order chi connectivity index (χ1) is 38.4. The highest BCUT2D eigenvalue weighted by Crippen LogP contribution is 2.37. The molecular weight excluding hydrogens is 1110 g/mol. The number of benzene rings is 4. The van der Waals surface area contributed by atoms with E-state index in [0.717, 1.165) is 48.2 Å². The summed E-state index contributed by atoms with van der Waals surface area (Å²) in [5.41, 5.74) is -0.591. The summed E-state index contributed by atoms with van der Waals surface area (Å²) in [7, 11) is -4.47. The van der Waals surface area contributed by atoms with Crippen molar-refractivity contribution in [3.8, 4) is 33.9 Å². The maximum absolute atomic E-state index is 13.7. The van der Waals surface area contributed by atoms with Crippen molar-refractivity contribution in [2.45, 2.75) is 60.7 Å². The number of hydrogen-bond acceptors (Lipinski definition) is 13. The lowest BCUT2D eigenvalue weighted by Crippen LogP contribution is -2.25. The van der Waals surface area contributed by atoms with Crippen LogP contribution >= 0.6 is 0 Å². The molecule has 0 fully saturated rings. The summed E-state index contributed by atoms with van der Waals surface area (Å²) in [6, 6.07) is 20.0. The number of unbranched alkanes of at least 4 members (excludes halogenated alkanes) is 4. The maximum Gasteiger partial charge on any atom is 0.416 e. The molecule has 0 unspecified atom stereocenters. The summed E-state index contributed by atoms with van der Waals surface area (Å²) in [6.45, 7) is 0.767. The first-order valence-corrected chi connectivity index (χ1v) is 27.7. The van der Waals surface area contributed by atoms with Crippen molar-refractivity contribution < 1.29 is 58.5 Å². The van der Waals surface area contributed by atoms with Crippen molar-refractivity contribution in [1.29, 1.82) is 0 Å². The number of aromatic nitrogens is 10. The van der Waals surface area contributed by atoms with E-state index in [1.807, 2.05) is 0 Å². The molecule has 8 N–H and O–H groups in total. The van der Waals surface area contributed by atoms with Crippen LogP contribution in [0.15, 0.2) is 129 Å². The van der Waals surface area contributed by atoms with Crippen LogP contribution in [0, 0.1) is 0 Å². The molecule has 10 rings (SSSR count). The predicted molar refractivity (Wildman–Crippen MR) is 288 cm³/mol. The molecular formula is C52H52F6N12O9S2. The monoisotopic (exact) mass is 1170 g/mol. The molecule has 0 bridgehead atoms. The van der Waals surface area contributed by atoms with E-state index in [0.29, 0.717) is 63.7 Å². The molecule has 0 saturated carbocycles. The number of H-pyrrole nitrogens is 2. The molecule has 6 aromatic heterocycles. The fraction of sp³-hybridized carbons (Fsp3) is 0.269. The number of nitrogens with two attached hydrogens (primary N) is 1. The lowest BCUT2D eigenvalue weighted by molar-refractivity contribution is -0.138.